The molecule has 6 nitrogen and oxygen atoms in total. The van der Waals surface area contributed by atoms with E-state index in [1.165, 1.54) is 12.1 Å². The van der Waals surface area contributed by atoms with Crippen molar-refractivity contribution in [2.75, 3.05) is 19.6 Å². The molecule has 0 aromatic heterocycles. The fourth-order valence-electron chi connectivity index (χ4n) is 3.38. The van der Waals surface area contributed by atoms with Gasteiger partial charge in [-0.15, -0.1) is 0 Å². The molecular formula is C20H29ClF2N4O2. The first kappa shape index (κ1) is 23.2. The van der Waals surface area contributed by atoms with Gasteiger partial charge < -0.3 is 20.3 Å². The van der Waals surface area contributed by atoms with Crippen molar-refractivity contribution < 1.29 is 18.3 Å². The molecule has 9 heteroatoms. The fourth-order valence-corrected chi connectivity index (χ4v) is 3.58. The SMILES string of the molecule is CCNC(=NCc1cc(Cl)ccc1OC(F)F)NCCC(CC)N1CCCC1=O. The Bertz CT molecular complexity index is 703. The van der Waals surface area contributed by atoms with Crippen LogP contribution in [0.2, 0.25) is 5.02 Å². The molecule has 1 aliphatic rings. The van der Waals surface area contributed by atoms with Gasteiger partial charge in [0.05, 0.1) is 6.54 Å². The van der Waals surface area contributed by atoms with Gasteiger partial charge in [-0.25, -0.2) is 4.99 Å². The molecule has 1 unspecified atom stereocenters. The number of aliphatic imine (C=N–C) groups is 1. The number of amides is 1. The Balaban J connectivity index is 1.97. The second-order valence-corrected chi connectivity index (χ2v) is 7.23. The molecule has 0 bridgehead atoms. The van der Waals surface area contributed by atoms with Crippen LogP contribution in [-0.2, 0) is 11.3 Å². The Morgan fingerprint density at radius 1 is 1.34 bits per heavy atom. The minimum absolute atomic E-state index is 0.0580. The standard InChI is InChI=1S/C20H29ClF2N4O2/c1-3-16(27-11-5-6-18(27)28)9-10-25-20(24-4-2)26-13-14-12-15(21)7-8-17(14)29-19(22)23/h7-8,12,16,19H,3-6,9-11,13H2,1-2H3,(H2,24,25,26). The highest BCUT2D eigenvalue weighted by Crippen LogP contribution is 2.25. The number of alkyl halides is 2. The van der Waals surface area contributed by atoms with E-state index in [1.807, 2.05) is 11.8 Å². The van der Waals surface area contributed by atoms with Crippen molar-refractivity contribution in [2.24, 2.45) is 4.99 Å². The van der Waals surface area contributed by atoms with Gasteiger partial charge in [0.2, 0.25) is 5.91 Å². The Labute approximate surface area is 175 Å². The van der Waals surface area contributed by atoms with Gasteiger partial charge in [-0.1, -0.05) is 18.5 Å². The Kier molecular flexibility index (Phi) is 9.44. The molecule has 2 N–H and O–H groups in total. The second kappa shape index (κ2) is 11.8. The number of carbonyl (C=O) groups excluding carboxylic acids is 1. The third-order valence-corrected chi connectivity index (χ3v) is 5.02. The molecule has 1 saturated heterocycles. The van der Waals surface area contributed by atoms with Crippen LogP contribution in [0.25, 0.3) is 0 Å². The predicted octanol–water partition coefficient (Wildman–Crippen LogP) is 3.79. The minimum Gasteiger partial charge on any atom is -0.434 e. The van der Waals surface area contributed by atoms with Gasteiger partial charge in [0, 0.05) is 42.7 Å². The van der Waals surface area contributed by atoms with Crippen LogP contribution in [0.3, 0.4) is 0 Å². The van der Waals surface area contributed by atoms with Crippen LogP contribution in [-0.4, -0.2) is 49.1 Å². The van der Waals surface area contributed by atoms with Crippen molar-refractivity contribution >= 4 is 23.5 Å². The number of halogens is 3. The summed E-state index contributed by atoms with van der Waals surface area (Å²) < 4.78 is 29.8. The van der Waals surface area contributed by atoms with Gasteiger partial charge in [-0.3, -0.25) is 4.79 Å². The lowest BCUT2D eigenvalue weighted by Gasteiger charge is -2.27. The quantitative estimate of drug-likeness (QED) is 0.438. The van der Waals surface area contributed by atoms with E-state index in [0.717, 1.165) is 25.8 Å². The zero-order valence-corrected chi connectivity index (χ0v) is 17.6. The number of hydrogen-bond acceptors (Lipinski definition) is 3. The average Bonchev–Trinajstić information content (AvgIpc) is 3.10. The maximum atomic E-state index is 12.6. The smallest absolute Gasteiger partial charge is 0.387 e. The molecule has 1 aromatic rings. The summed E-state index contributed by atoms with van der Waals surface area (Å²) in [6.45, 7) is 3.38. The Morgan fingerprint density at radius 3 is 2.76 bits per heavy atom. The van der Waals surface area contributed by atoms with Crippen LogP contribution < -0.4 is 15.4 Å². The van der Waals surface area contributed by atoms with Crippen molar-refractivity contribution in [3.8, 4) is 5.75 Å². The Morgan fingerprint density at radius 2 is 2.14 bits per heavy atom. The van der Waals surface area contributed by atoms with E-state index in [2.05, 4.69) is 27.3 Å². The first-order chi connectivity index (χ1) is 13.9. The third-order valence-electron chi connectivity index (χ3n) is 4.78. The lowest BCUT2D eigenvalue weighted by atomic mass is 10.1. The molecular weight excluding hydrogens is 402 g/mol. The minimum atomic E-state index is -2.91. The van der Waals surface area contributed by atoms with Gasteiger partial charge in [0.15, 0.2) is 5.96 Å². The monoisotopic (exact) mass is 430 g/mol. The molecule has 1 atom stereocenters. The number of benzene rings is 1. The summed E-state index contributed by atoms with van der Waals surface area (Å²) in [5.74, 6) is 0.852. The number of likely N-dealkylation sites (tertiary alicyclic amines) is 1. The van der Waals surface area contributed by atoms with Gasteiger partial charge in [-0.2, -0.15) is 8.78 Å². The molecule has 0 radical (unpaired) electrons. The molecule has 2 rings (SSSR count). The predicted molar refractivity (Wildman–Crippen MR) is 111 cm³/mol. The van der Waals surface area contributed by atoms with Crippen molar-refractivity contribution in [1.82, 2.24) is 15.5 Å². The van der Waals surface area contributed by atoms with Gasteiger partial charge in [-0.05, 0) is 44.4 Å². The fraction of sp³-hybridized carbons (Fsp3) is 0.600. The topological polar surface area (TPSA) is 66.0 Å². The summed E-state index contributed by atoms with van der Waals surface area (Å²) in [5.41, 5.74) is 0.476. The van der Waals surface area contributed by atoms with Crippen LogP contribution in [0, 0.1) is 0 Å². The summed E-state index contributed by atoms with van der Waals surface area (Å²) in [4.78, 5) is 18.4. The lowest BCUT2D eigenvalue weighted by molar-refractivity contribution is -0.129. The first-order valence-corrected chi connectivity index (χ1v) is 10.4. The molecule has 1 heterocycles. The van der Waals surface area contributed by atoms with E-state index in [9.17, 15) is 13.6 Å². The maximum Gasteiger partial charge on any atom is 0.387 e. The van der Waals surface area contributed by atoms with Crippen molar-refractivity contribution in [2.45, 2.75) is 58.7 Å². The van der Waals surface area contributed by atoms with Gasteiger partial charge in [0.1, 0.15) is 5.75 Å². The first-order valence-electron chi connectivity index (χ1n) is 9.99. The molecule has 1 amide bonds. The van der Waals surface area contributed by atoms with E-state index >= 15 is 0 Å². The van der Waals surface area contributed by atoms with Crippen LogP contribution >= 0.6 is 11.6 Å². The molecule has 1 aromatic carbocycles. The summed E-state index contributed by atoms with van der Waals surface area (Å²) in [5, 5.41) is 6.81. The van der Waals surface area contributed by atoms with E-state index in [4.69, 9.17) is 11.6 Å². The average molecular weight is 431 g/mol. The number of nitrogens with zero attached hydrogens (tertiary/aromatic N) is 2. The van der Waals surface area contributed by atoms with Crippen LogP contribution in [0.15, 0.2) is 23.2 Å². The molecule has 1 fully saturated rings. The molecule has 29 heavy (non-hydrogen) atoms. The zero-order valence-electron chi connectivity index (χ0n) is 16.9. The maximum absolute atomic E-state index is 12.6. The lowest BCUT2D eigenvalue weighted by Crippen LogP contribution is -2.42. The number of ether oxygens (including phenoxy) is 1. The number of hydrogen-bond donors (Lipinski definition) is 2. The summed E-state index contributed by atoms with van der Waals surface area (Å²) >= 11 is 5.98. The molecule has 0 spiro atoms. The molecule has 0 aliphatic carbocycles. The van der Waals surface area contributed by atoms with E-state index in [1.54, 1.807) is 6.07 Å². The summed E-state index contributed by atoms with van der Waals surface area (Å²) in [6.07, 6.45) is 3.27. The Hall–Kier alpha value is -2.09. The second-order valence-electron chi connectivity index (χ2n) is 6.79. The molecule has 0 saturated carbocycles. The summed E-state index contributed by atoms with van der Waals surface area (Å²) in [7, 11) is 0. The van der Waals surface area contributed by atoms with E-state index in [-0.39, 0.29) is 24.2 Å². The zero-order chi connectivity index (χ0) is 21.2. The third kappa shape index (κ3) is 7.34. The number of rotatable bonds is 10. The number of nitrogens with one attached hydrogen (secondary N) is 2. The normalized spacial score (nSPS) is 15.7. The highest BCUT2D eigenvalue weighted by Gasteiger charge is 2.26. The van der Waals surface area contributed by atoms with Crippen molar-refractivity contribution in [1.29, 1.82) is 0 Å². The van der Waals surface area contributed by atoms with Crippen LogP contribution in [0.5, 0.6) is 5.75 Å². The van der Waals surface area contributed by atoms with Crippen molar-refractivity contribution in [3.05, 3.63) is 28.8 Å². The largest absolute Gasteiger partial charge is 0.434 e. The van der Waals surface area contributed by atoms with Crippen LogP contribution in [0.4, 0.5) is 8.78 Å². The van der Waals surface area contributed by atoms with E-state index in [0.29, 0.717) is 36.1 Å². The van der Waals surface area contributed by atoms with Gasteiger partial charge >= 0.3 is 6.61 Å². The van der Waals surface area contributed by atoms with Crippen LogP contribution in [0.1, 0.15) is 45.1 Å². The van der Waals surface area contributed by atoms with Gasteiger partial charge in [0.25, 0.3) is 0 Å². The van der Waals surface area contributed by atoms with E-state index < -0.39 is 6.61 Å². The number of carbonyl (C=O) groups is 1. The molecule has 1 aliphatic heterocycles. The highest BCUT2D eigenvalue weighted by molar-refractivity contribution is 6.30. The number of guanidine groups is 1. The van der Waals surface area contributed by atoms with Crippen molar-refractivity contribution in [3.63, 3.8) is 0 Å². The molecule has 162 valence electrons. The summed E-state index contributed by atoms with van der Waals surface area (Å²) in [6, 6.07) is 4.69. The highest BCUT2D eigenvalue weighted by atomic mass is 35.5.